The number of rotatable bonds is 0. The zero-order chi connectivity index (χ0) is 8.89. The van der Waals surface area contributed by atoms with Crippen LogP contribution >= 0.6 is 11.6 Å². The minimum atomic E-state index is 0.0675. The summed E-state index contributed by atoms with van der Waals surface area (Å²) in [7, 11) is 0. The molecule has 13 heavy (non-hydrogen) atoms. The molecule has 1 spiro atoms. The van der Waals surface area contributed by atoms with Crippen LogP contribution in [-0.4, -0.2) is 12.1 Å². The van der Waals surface area contributed by atoms with Gasteiger partial charge in [-0.25, -0.2) is 0 Å². The van der Waals surface area contributed by atoms with E-state index in [1.165, 1.54) is 0 Å². The Bertz CT molecular complexity index is 360. The molecule has 1 saturated carbocycles. The van der Waals surface area contributed by atoms with Crippen molar-refractivity contribution in [1.82, 2.24) is 0 Å². The third kappa shape index (κ3) is 1.09. The number of benzene rings is 1. The Morgan fingerprint density at radius 2 is 2.23 bits per heavy atom. The van der Waals surface area contributed by atoms with E-state index in [1.807, 2.05) is 18.2 Å². The second kappa shape index (κ2) is 2.32. The van der Waals surface area contributed by atoms with Crippen molar-refractivity contribution in [3.8, 4) is 5.75 Å². The molecule has 2 nitrogen and oxygen atoms in total. The van der Waals surface area contributed by atoms with Gasteiger partial charge in [0.25, 0.3) is 0 Å². The molecule has 0 bridgehead atoms. The maximum atomic E-state index is 6.03. The van der Waals surface area contributed by atoms with Crippen LogP contribution in [0.5, 0.6) is 5.75 Å². The third-order valence-corrected chi connectivity index (χ3v) is 2.99. The Balaban J connectivity index is 2.06. The summed E-state index contributed by atoms with van der Waals surface area (Å²) in [5.41, 5.74) is 1.09. The number of fused-ring (bicyclic) bond motifs is 1. The Morgan fingerprint density at radius 3 is 3.00 bits per heavy atom. The van der Waals surface area contributed by atoms with E-state index in [-0.39, 0.29) is 5.60 Å². The van der Waals surface area contributed by atoms with Crippen LogP contribution in [0, 0.1) is 0 Å². The van der Waals surface area contributed by atoms with Crippen LogP contribution in [0.15, 0.2) is 18.2 Å². The highest BCUT2D eigenvalue weighted by Gasteiger charge is 2.48. The summed E-state index contributed by atoms with van der Waals surface area (Å²) in [5.74, 6) is 0.827. The van der Waals surface area contributed by atoms with Gasteiger partial charge in [0.2, 0.25) is 0 Å². The molecule has 0 aromatic heterocycles. The molecule has 3 rings (SSSR count). The summed E-state index contributed by atoms with van der Waals surface area (Å²) < 4.78 is 5.87. The number of halogens is 1. The van der Waals surface area contributed by atoms with Gasteiger partial charge in [-0.15, -0.1) is 0 Å². The van der Waals surface area contributed by atoms with E-state index >= 15 is 0 Å². The van der Waals surface area contributed by atoms with Gasteiger partial charge in [0, 0.05) is 0 Å². The Labute approximate surface area is 81.8 Å². The number of anilines is 1. The molecule has 0 amide bonds. The fourth-order valence-electron chi connectivity index (χ4n) is 1.68. The van der Waals surface area contributed by atoms with Gasteiger partial charge in [-0.1, -0.05) is 17.7 Å². The van der Waals surface area contributed by atoms with Crippen LogP contribution in [0.3, 0.4) is 0 Å². The normalized spacial score (nSPS) is 21.6. The highest BCUT2D eigenvalue weighted by Crippen LogP contribution is 2.48. The van der Waals surface area contributed by atoms with E-state index in [9.17, 15) is 0 Å². The predicted octanol–water partition coefficient (Wildman–Crippen LogP) is 2.68. The molecule has 68 valence electrons. The lowest BCUT2D eigenvalue weighted by molar-refractivity contribution is 0.184. The molecular weight excluding hydrogens is 186 g/mol. The largest absolute Gasteiger partial charge is 0.482 e. The van der Waals surface area contributed by atoms with E-state index in [2.05, 4.69) is 5.32 Å². The summed E-state index contributed by atoms with van der Waals surface area (Å²) in [5, 5.41) is 4.05. The van der Waals surface area contributed by atoms with Crippen molar-refractivity contribution in [2.24, 2.45) is 0 Å². The fourth-order valence-corrected chi connectivity index (χ4v) is 1.89. The lowest BCUT2D eigenvalue weighted by Gasteiger charge is -2.27. The molecule has 0 unspecified atom stereocenters. The standard InChI is InChI=1S/C10H10ClNO/c11-7-2-1-3-8-9(7)13-10(4-5-10)6-12-8/h1-3,12H,4-6H2. The molecule has 0 saturated heterocycles. The van der Waals surface area contributed by atoms with Crippen molar-refractivity contribution in [2.75, 3.05) is 11.9 Å². The van der Waals surface area contributed by atoms with Crippen molar-refractivity contribution < 1.29 is 4.74 Å². The summed E-state index contributed by atoms with van der Waals surface area (Å²) >= 11 is 6.03. The number of para-hydroxylation sites is 1. The zero-order valence-electron chi connectivity index (χ0n) is 7.14. The predicted molar refractivity (Wildman–Crippen MR) is 52.5 cm³/mol. The van der Waals surface area contributed by atoms with Gasteiger partial charge >= 0.3 is 0 Å². The Morgan fingerprint density at radius 1 is 1.38 bits per heavy atom. The summed E-state index contributed by atoms with van der Waals surface area (Å²) in [4.78, 5) is 0. The molecule has 0 radical (unpaired) electrons. The molecule has 1 heterocycles. The molecule has 3 heteroatoms. The number of hydrogen-bond donors (Lipinski definition) is 1. The maximum Gasteiger partial charge on any atom is 0.161 e. The van der Waals surface area contributed by atoms with E-state index < -0.39 is 0 Å². The van der Waals surface area contributed by atoms with Crippen LogP contribution < -0.4 is 10.1 Å². The molecule has 1 aromatic rings. The molecule has 1 aromatic carbocycles. The molecule has 1 N–H and O–H groups in total. The smallest absolute Gasteiger partial charge is 0.161 e. The monoisotopic (exact) mass is 195 g/mol. The summed E-state index contributed by atoms with van der Waals surface area (Å²) in [6.45, 7) is 0.917. The van der Waals surface area contributed by atoms with Crippen molar-refractivity contribution in [3.63, 3.8) is 0 Å². The molecular formula is C10H10ClNO. The Kier molecular flexibility index (Phi) is 1.34. The van der Waals surface area contributed by atoms with Gasteiger partial charge in [0.15, 0.2) is 5.75 Å². The molecule has 1 aliphatic carbocycles. The number of nitrogens with one attached hydrogen (secondary N) is 1. The highest BCUT2D eigenvalue weighted by atomic mass is 35.5. The third-order valence-electron chi connectivity index (χ3n) is 2.69. The summed E-state index contributed by atoms with van der Waals surface area (Å²) in [6.07, 6.45) is 2.29. The quantitative estimate of drug-likeness (QED) is 0.687. The van der Waals surface area contributed by atoms with Crippen LogP contribution in [0.4, 0.5) is 5.69 Å². The van der Waals surface area contributed by atoms with Crippen molar-refractivity contribution in [1.29, 1.82) is 0 Å². The SMILES string of the molecule is Clc1cccc2c1OC1(CC1)CN2. The van der Waals surface area contributed by atoms with E-state index in [0.29, 0.717) is 5.02 Å². The zero-order valence-corrected chi connectivity index (χ0v) is 7.90. The maximum absolute atomic E-state index is 6.03. The van der Waals surface area contributed by atoms with Crippen LogP contribution in [0.25, 0.3) is 0 Å². The minimum absolute atomic E-state index is 0.0675. The van der Waals surface area contributed by atoms with Crippen molar-refractivity contribution >= 4 is 17.3 Å². The topological polar surface area (TPSA) is 21.3 Å². The highest BCUT2D eigenvalue weighted by molar-refractivity contribution is 6.32. The number of ether oxygens (including phenoxy) is 1. The fraction of sp³-hybridized carbons (Fsp3) is 0.400. The van der Waals surface area contributed by atoms with Gasteiger partial charge in [-0.05, 0) is 25.0 Å². The lowest BCUT2D eigenvalue weighted by atomic mass is 10.2. The van der Waals surface area contributed by atoms with Gasteiger partial charge in [0.05, 0.1) is 17.3 Å². The first kappa shape index (κ1) is 7.51. The van der Waals surface area contributed by atoms with Gasteiger partial charge < -0.3 is 10.1 Å². The van der Waals surface area contributed by atoms with Gasteiger partial charge in [-0.3, -0.25) is 0 Å². The number of hydrogen-bond acceptors (Lipinski definition) is 2. The van der Waals surface area contributed by atoms with Crippen molar-refractivity contribution in [2.45, 2.75) is 18.4 Å². The molecule has 0 atom stereocenters. The molecule has 2 aliphatic rings. The average Bonchev–Trinajstić information content (AvgIpc) is 2.88. The van der Waals surface area contributed by atoms with Crippen molar-refractivity contribution in [3.05, 3.63) is 23.2 Å². The van der Waals surface area contributed by atoms with Crippen LogP contribution in [-0.2, 0) is 0 Å². The Hall–Kier alpha value is -0.890. The van der Waals surface area contributed by atoms with Crippen LogP contribution in [0.1, 0.15) is 12.8 Å². The average molecular weight is 196 g/mol. The van der Waals surface area contributed by atoms with E-state index in [1.54, 1.807) is 0 Å². The first-order valence-corrected chi connectivity index (χ1v) is 4.88. The molecule has 1 fully saturated rings. The van der Waals surface area contributed by atoms with E-state index in [0.717, 1.165) is 30.8 Å². The second-order valence-corrected chi connectivity index (χ2v) is 4.16. The summed E-state index contributed by atoms with van der Waals surface area (Å²) in [6, 6.07) is 5.79. The van der Waals surface area contributed by atoms with Crippen LogP contribution in [0.2, 0.25) is 5.02 Å². The minimum Gasteiger partial charge on any atom is -0.482 e. The first-order valence-electron chi connectivity index (χ1n) is 4.51. The second-order valence-electron chi connectivity index (χ2n) is 3.76. The van der Waals surface area contributed by atoms with E-state index in [4.69, 9.17) is 16.3 Å². The van der Waals surface area contributed by atoms with Gasteiger partial charge in [-0.2, -0.15) is 0 Å². The van der Waals surface area contributed by atoms with Gasteiger partial charge in [0.1, 0.15) is 5.60 Å². The molecule has 1 aliphatic heterocycles. The lowest BCUT2D eigenvalue weighted by Crippen LogP contribution is -2.32. The first-order chi connectivity index (χ1) is 6.29.